The van der Waals surface area contributed by atoms with Crippen molar-refractivity contribution in [3.63, 3.8) is 0 Å². The Hall–Kier alpha value is -1.38. The van der Waals surface area contributed by atoms with Crippen LogP contribution in [0.25, 0.3) is 0 Å². The van der Waals surface area contributed by atoms with Crippen LogP contribution in [0.1, 0.15) is 39.5 Å². The van der Waals surface area contributed by atoms with Gasteiger partial charge < -0.3 is 14.8 Å². The highest BCUT2D eigenvalue weighted by Crippen LogP contribution is 2.30. The summed E-state index contributed by atoms with van der Waals surface area (Å²) in [5.41, 5.74) is 1.02. The van der Waals surface area contributed by atoms with Gasteiger partial charge in [0.25, 0.3) is 0 Å². The van der Waals surface area contributed by atoms with Gasteiger partial charge in [-0.1, -0.05) is 26.7 Å². The standard InChI is InChI=1S/C15H25NO2/c1-5-7-12(8-6-2)16-14-11-13(17-3)9-10-15(14)18-4/h9-12,16H,5-8H2,1-4H3. The van der Waals surface area contributed by atoms with Gasteiger partial charge in [0, 0.05) is 12.1 Å². The lowest BCUT2D eigenvalue weighted by molar-refractivity contribution is 0.403. The van der Waals surface area contributed by atoms with Crippen LogP contribution in [0.2, 0.25) is 0 Å². The van der Waals surface area contributed by atoms with Crippen LogP contribution in [0.15, 0.2) is 18.2 Å². The zero-order valence-corrected chi connectivity index (χ0v) is 12.0. The van der Waals surface area contributed by atoms with E-state index < -0.39 is 0 Å². The number of methoxy groups -OCH3 is 2. The lowest BCUT2D eigenvalue weighted by Gasteiger charge is -2.21. The first kappa shape index (κ1) is 14.7. The second-order valence-electron chi connectivity index (χ2n) is 4.48. The van der Waals surface area contributed by atoms with Gasteiger partial charge in [-0.25, -0.2) is 0 Å². The minimum absolute atomic E-state index is 0.501. The molecular formula is C15H25NO2. The van der Waals surface area contributed by atoms with Crippen LogP contribution < -0.4 is 14.8 Å². The summed E-state index contributed by atoms with van der Waals surface area (Å²) in [5.74, 6) is 1.72. The van der Waals surface area contributed by atoms with E-state index >= 15 is 0 Å². The highest BCUT2D eigenvalue weighted by atomic mass is 16.5. The van der Waals surface area contributed by atoms with Gasteiger partial charge in [0.15, 0.2) is 0 Å². The minimum atomic E-state index is 0.501. The molecule has 1 N–H and O–H groups in total. The quantitative estimate of drug-likeness (QED) is 0.755. The smallest absolute Gasteiger partial charge is 0.142 e. The van der Waals surface area contributed by atoms with Crippen molar-refractivity contribution < 1.29 is 9.47 Å². The molecule has 1 aromatic carbocycles. The molecule has 0 amide bonds. The molecule has 0 bridgehead atoms. The first-order valence-electron chi connectivity index (χ1n) is 6.73. The maximum Gasteiger partial charge on any atom is 0.142 e. The number of benzene rings is 1. The summed E-state index contributed by atoms with van der Waals surface area (Å²) in [4.78, 5) is 0. The Balaban J connectivity index is 2.84. The average molecular weight is 251 g/mol. The van der Waals surface area contributed by atoms with Crippen molar-refractivity contribution in [2.45, 2.75) is 45.6 Å². The Morgan fingerprint density at radius 3 is 2.22 bits per heavy atom. The molecule has 1 aromatic rings. The molecule has 0 saturated heterocycles. The Bertz CT molecular complexity index is 346. The van der Waals surface area contributed by atoms with E-state index in [9.17, 15) is 0 Å². The van der Waals surface area contributed by atoms with Gasteiger partial charge in [-0.15, -0.1) is 0 Å². The molecular weight excluding hydrogens is 226 g/mol. The summed E-state index contributed by atoms with van der Waals surface area (Å²) in [6, 6.07) is 6.35. The van der Waals surface area contributed by atoms with E-state index in [1.807, 2.05) is 18.2 Å². The molecule has 0 heterocycles. The number of hydrogen-bond donors (Lipinski definition) is 1. The summed E-state index contributed by atoms with van der Waals surface area (Å²) >= 11 is 0. The van der Waals surface area contributed by atoms with Crippen LogP contribution in [0.4, 0.5) is 5.69 Å². The van der Waals surface area contributed by atoms with Crippen LogP contribution >= 0.6 is 0 Å². The molecule has 0 saturated carbocycles. The first-order valence-corrected chi connectivity index (χ1v) is 6.73. The Morgan fingerprint density at radius 1 is 1.06 bits per heavy atom. The molecule has 0 spiro atoms. The van der Waals surface area contributed by atoms with E-state index in [1.54, 1.807) is 14.2 Å². The van der Waals surface area contributed by atoms with E-state index in [2.05, 4.69) is 19.2 Å². The second kappa shape index (κ2) is 7.85. The third-order valence-corrected chi connectivity index (χ3v) is 3.04. The predicted octanol–water partition coefficient (Wildman–Crippen LogP) is 4.08. The molecule has 0 aliphatic rings. The Labute approximate surface area is 110 Å². The molecule has 1 rings (SSSR count). The van der Waals surface area contributed by atoms with E-state index in [4.69, 9.17) is 9.47 Å². The normalized spacial score (nSPS) is 10.5. The van der Waals surface area contributed by atoms with Crippen molar-refractivity contribution in [1.82, 2.24) is 0 Å². The lowest BCUT2D eigenvalue weighted by atomic mass is 10.1. The number of ether oxygens (including phenoxy) is 2. The zero-order valence-electron chi connectivity index (χ0n) is 12.0. The van der Waals surface area contributed by atoms with E-state index in [1.165, 1.54) is 25.7 Å². The van der Waals surface area contributed by atoms with Gasteiger partial charge in [0.1, 0.15) is 11.5 Å². The third-order valence-electron chi connectivity index (χ3n) is 3.04. The monoisotopic (exact) mass is 251 g/mol. The number of hydrogen-bond acceptors (Lipinski definition) is 3. The molecule has 0 aliphatic heterocycles. The molecule has 0 atom stereocenters. The van der Waals surface area contributed by atoms with Gasteiger partial charge >= 0.3 is 0 Å². The van der Waals surface area contributed by atoms with Crippen molar-refractivity contribution in [2.24, 2.45) is 0 Å². The fraction of sp³-hybridized carbons (Fsp3) is 0.600. The summed E-state index contributed by atoms with van der Waals surface area (Å²) in [6.07, 6.45) is 4.72. The minimum Gasteiger partial charge on any atom is -0.497 e. The summed E-state index contributed by atoms with van der Waals surface area (Å²) < 4.78 is 10.6. The number of anilines is 1. The summed E-state index contributed by atoms with van der Waals surface area (Å²) in [5, 5.41) is 3.57. The molecule has 0 aliphatic carbocycles. The summed E-state index contributed by atoms with van der Waals surface area (Å²) in [6.45, 7) is 4.43. The summed E-state index contributed by atoms with van der Waals surface area (Å²) in [7, 11) is 3.38. The average Bonchev–Trinajstić information content (AvgIpc) is 2.39. The molecule has 0 fully saturated rings. The van der Waals surface area contributed by atoms with Crippen LogP contribution in [-0.2, 0) is 0 Å². The molecule has 3 heteroatoms. The van der Waals surface area contributed by atoms with E-state index in [0.717, 1.165) is 17.2 Å². The zero-order chi connectivity index (χ0) is 13.4. The van der Waals surface area contributed by atoms with Gasteiger partial charge in [0.05, 0.1) is 19.9 Å². The van der Waals surface area contributed by atoms with E-state index in [-0.39, 0.29) is 0 Å². The van der Waals surface area contributed by atoms with Crippen molar-refractivity contribution in [3.05, 3.63) is 18.2 Å². The van der Waals surface area contributed by atoms with Gasteiger partial charge in [-0.3, -0.25) is 0 Å². The molecule has 18 heavy (non-hydrogen) atoms. The topological polar surface area (TPSA) is 30.5 Å². The first-order chi connectivity index (χ1) is 8.74. The third kappa shape index (κ3) is 4.13. The fourth-order valence-corrected chi connectivity index (χ4v) is 2.13. The van der Waals surface area contributed by atoms with Crippen molar-refractivity contribution >= 4 is 5.69 Å². The van der Waals surface area contributed by atoms with Gasteiger partial charge in [0.2, 0.25) is 0 Å². The fourth-order valence-electron chi connectivity index (χ4n) is 2.13. The Morgan fingerprint density at radius 2 is 1.72 bits per heavy atom. The predicted molar refractivity (Wildman–Crippen MR) is 76.8 cm³/mol. The number of rotatable bonds is 8. The van der Waals surface area contributed by atoms with Crippen molar-refractivity contribution in [2.75, 3.05) is 19.5 Å². The second-order valence-corrected chi connectivity index (χ2v) is 4.48. The SMILES string of the molecule is CCCC(CCC)Nc1cc(OC)ccc1OC. The molecule has 3 nitrogen and oxygen atoms in total. The van der Waals surface area contributed by atoms with Crippen LogP contribution in [0.3, 0.4) is 0 Å². The van der Waals surface area contributed by atoms with E-state index in [0.29, 0.717) is 6.04 Å². The van der Waals surface area contributed by atoms with Crippen molar-refractivity contribution in [1.29, 1.82) is 0 Å². The highest BCUT2D eigenvalue weighted by Gasteiger charge is 2.10. The molecule has 0 aromatic heterocycles. The maximum absolute atomic E-state index is 5.38. The van der Waals surface area contributed by atoms with Crippen LogP contribution in [-0.4, -0.2) is 20.3 Å². The van der Waals surface area contributed by atoms with Gasteiger partial charge in [-0.05, 0) is 25.0 Å². The lowest BCUT2D eigenvalue weighted by Crippen LogP contribution is -2.19. The Kier molecular flexibility index (Phi) is 6.40. The molecule has 0 radical (unpaired) electrons. The largest absolute Gasteiger partial charge is 0.497 e. The highest BCUT2D eigenvalue weighted by molar-refractivity contribution is 5.60. The molecule has 0 unspecified atom stereocenters. The van der Waals surface area contributed by atoms with Crippen LogP contribution in [0, 0.1) is 0 Å². The molecule has 102 valence electrons. The maximum atomic E-state index is 5.38. The van der Waals surface area contributed by atoms with Gasteiger partial charge in [-0.2, -0.15) is 0 Å². The van der Waals surface area contributed by atoms with Crippen LogP contribution in [0.5, 0.6) is 11.5 Å². The number of nitrogens with one attached hydrogen (secondary N) is 1. The van der Waals surface area contributed by atoms with Crippen molar-refractivity contribution in [3.8, 4) is 11.5 Å².